The molecule has 1 saturated carbocycles. The number of carbonyl (C=O) groups is 1. The topological polar surface area (TPSA) is 26.3 Å². The van der Waals surface area contributed by atoms with E-state index in [9.17, 15) is 4.79 Å². The van der Waals surface area contributed by atoms with Crippen LogP contribution in [0.3, 0.4) is 0 Å². The van der Waals surface area contributed by atoms with Crippen molar-refractivity contribution in [2.24, 2.45) is 5.92 Å². The molecule has 0 amide bonds. The summed E-state index contributed by atoms with van der Waals surface area (Å²) in [6.07, 6.45) is 8.26. The van der Waals surface area contributed by atoms with E-state index in [1.54, 1.807) is 6.08 Å². The second kappa shape index (κ2) is 8.91. The summed E-state index contributed by atoms with van der Waals surface area (Å²) in [7, 11) is 0. The number of rotatable bonds is 8. The van der Waals surface area contributed by atoms with E-state index in [1.807, 2.05) is 13.8 Å². The summed E-state index contributed by atoms with van der Waals surface area (Å²) in [5.74, 6) is 1.36. The highest BCUT2D eigenvalue weighted by molar-refractivity contribution is 5.83. The van der Waals surface area contributed by atoms with Crippen molar-refractivity contribution in [2.45, 2.75) is 78.6 Å². The maximum Gasteiger partial charge on any atom is 0.330 e. The molecule has 1 aliphatic rings. The Balaban J connectivity index is 2.25. The minimum absolute atomic E-state index is 0.245. The molecule has 1 aromatic rings. The van der Waals surface area contributed by atoms with Gasteiger partial charge in [-0.1, -0.05) is 65.0 Å². The van der Waals surface area contributed by atoms with Crippen molar-refractivity contribution in [3.63, 3.8) is 0 Å². The van der Waals surface area contributed by atoms with Gasteiger partial charge in [0.15, 0.2) is 0 Å². The molecule has 2 rings (SSSR count). The third kappa shape index (κ3) is 5.12. The van der Waals surface area contributed by atoms with Gasteiger partial charge in [0.05, 0.1) is 6.61 Å². The molecule has 0 heterocycles. The Morgan fingerprint density at radius 3 is 2.22 bits per heavy atom. The summed E-state index contributed by atoms with van der Waals surface area (Å²) in [6, 6.07) is 7.23. The van der Waals surface area contributed by atoms with Crippen LogP contribution in [0.4, 0.5) is 0 Å². The van der Waals surface area contributed by atoms with Crippen LogP contribution in [0.1, 0.15) is 89.8 Å². The van der Waals surface area contributed by atoms with E-state index in [-0.39, 0.29) is 11.4 Å². The molecule has 2 nitrogen and oxygen atoms in total. The lowest BCUT2D eigenvalue weighted by atomic mass is 9.84. The molecule has 0 aromatic heterocycles. The van der Waals surface area contributed by atoms with Crippen molar-refractivity contribution in [1.82, 2.24) is 0 Å². The highest BCUT2D eigenvalue weighted by Gasteiger charge is 2.52. The predicted octanol–water partition coefficient (Wildman–Crippen LogP) is 6.67. The maximum absolute atomic E-state index is 11.6. The Morgan fingerprint density at radius 1 is 1.15 bits per heavy atom. The smallest absolute Gasteiger partial charge is 0.330 e. The van der Waals surface area contributed by atoms with Gasteiger partial charge < -0.3 is 4.74 Å². The second-order valence-electron chi connectivity index (χ2n) is 8.52. The van der Waals surface area contributed by atoms with Crippen molar-refractivity contribution in [3.8, 4) is 0 Å². The highest BCUT2D eigenvalue weighted by Crippen LogP contribution is 2.58. The largest absolute Gasteiger partial charge is 0.463 e. The third-order valence-electron chi connectivity index (χ3n) is 5.87. The summed E-state index contributed by atoms with van der Waals surface area (Å²) in [6.45, 7) is 15.6. The van der Waals surface area contributed by atoms with E-state index in [1.165, 1.54) is 23.1 Å². The molecule has 27 heavy (non-hydrogen) atoms. The van der Waals surface area contributed by atoms with Crippen molar-refractivity contribution < 1.29 is 9.53 Å². The first-order valence-electron chi connectivity index (χ1n) is 10.4. The fraction of sp³-hybridized carbons (Fsp3) is 0.560. The molecule has 148 valence electrons. The monoisotopic (exact) mass is 368 g/mol. The molecule has 0 bridgehead atoms. The zero-order valence-corrected chi connectivity index (χ0v) is 18.1. The highest BCUT2D eigenvalue weighted by atomic mass is 16.5. The van der Waals surface area contributed by atoms with Crippen LogP contribution in [-0.4, -0.2) is 12.6 Å². The molecule has 1 aliphatic carbocycles. The quantitative estimate of drug-likeness (QED) is 0.291. The van der Waals surface area contributed by atoms with E-state index in [0.717, 1.165) is 12.0 Å². The van der Waals surface area contributed by atoms with E-state index in [2.05, 4.69) is 65.0 Å². The van der Waals surface area contributed by atoms with Crippen LogP contribution in [0.25, 0.3) is 0 Å². The number of ether oxygens (including phenoxy) is 1. The van der Waals surface area contributed by atoms with Gasteiger partial charge in [-0.05, 0) is 66.7 Å². The number of hydrogen-bond acceptors (Lipinski definition) is 2. The van der Waals surface area contributed by atoms with Crippen molar-refractivity contribution in [2.75, 3.05) is 6.61 Å². The maximum atomic E-state index is 11.6. The first kappa shape index (κ1) is 21.5. The molecule has 0 radical (unpaired) electrons. The van der Waals surface area contributed by atoms with E-state index >= 15 is 0 Å². The lowest BCUT2D eigenvalue weighted by Gasteiger charge is -2.20. The Labute approximate surface area is 165 Å². The van der Waals surface area contributed by atoms with Crippen molar-refractivity contribution >= 4 is 5.97 Å². The number of hydrogen-bond donors (Lipinski definition) is 0. The lowest BCUT2D eigenvalue weighted by Crippen LogP contribution is -2.10. The molecule has 1 aromatic carbocycles. The Bertz CT molecular complexity index is 698. The molecule has 1 fully saturated rings. The average Bonchev–Trinajstić information content (AvgIpc) is 3.34. The van der Waals surface area contributed by atoms with Crippen molar-refractivity contribution in [3.05, 3.63) is 58.7 Å². The van der Waals surface area contributed by atoms with E-state index in [4.69, 9.17) is 4.74 Å². The van der Waals surface area contributed by atoms with Gasteiger partial charge in [-0.25, -0.2) is 4.79 Å². The van der Waals surface area contributed by atoms with E-state index in [0.29, 0.717) is 24.4 Å². The summed E-state index contributed by atoms with van der Waals surface area (Å²) in [5, 5.41) is 0. The minimum atomic E-state index is -0.261. The number of esters is 1. The average molecular weight is 369 g/mol. The molecule has 0 unspecified atom stereocenters. The van der Waals surface area contributed by atoms with Crippen LogP contribution in [0.2, 0.25) is 0 Å². The van der Waals surface area contributed by atoms with Gasteiger partial charge in [0, 0.05) is 11.5 Å². The first-order valence-corrected chi connectivity index (χ1v) is 10.4. The summed E-state index contributed by atoms with van der Waals surface area (Å²) >= 11 is 0. The molecule has 0 aliphatic heterocycles. The third-order valence-corrected chi connectivity index (χ3v) is 5.87. The first-order chi connectivity index (χ1) is 12.7. The zero-order chi connectivity index (χ0) is 20.2. The Kier molecular flexibility index (Phi) is 7.08. The molecule has 0 spiro atoms. The fourth-order valence-corrected chi connectivity index (χ4v) is 3.84. The van der Waals surface area contributed by atoms with Crippen molar-refractivity contribution in [1.29, 1.82) is 0 Å². The van der Waals surface area contributed by atoms with Gasteiger partial charge in [-0.15, -0.1) is 0 Å². The molecular weight excluding hydrogens is 332 g/mol. The van der Waals surface area contributed by atoms with Crippen LogP contribution in [0.15, 0.2) is 42.0 Å². The molecular formula is C25H36O2. The lowest BCUT2D eigenvalue weighted by molar-refractivity contribution is -0.137. The Morgan fingerprint density at radius 2 is 1.74 bits per heavy atom. The standard InChI is InChI=1S/C25H36O2/c1-8-25(16-22(25)11-10-19(7)12-24(26)27-9-2)23-14-20(17(3)4)13-21(15-23)18(5)6/h10-15,17-18,22H,8-9,16H2,1-7H3/t22-,25+/m1/s1. The molecule has 2 atom stereocenters. The van der Waals surface area contributed by atoms with Gasteiger partial charge in [0.2, 0.25) is 0 Å². The number of carbonyl (C=O) groups excluding carboxylic acids is 1. The predicted molar refractivity (Wildman–Crippen MR) is 114 cm³/mol. The zero-order valence-electron chi connectivity index (χ0n) is 18.1. The SMILES string of the molecule is CCOC(=O)C=C(C)C=C[C@@H]1C[C@]1(CC)c1cc(C(C)C)cc(C(C)C)c1. The van der Waals surface area contributed by atoms with Crippen LogP contribution in [0, 0.1) is 5.92 Å². The Hall–Kier alpha value is -1.83. The van der Waals surface area contributed by atoms with E-state index < -0.39 is 0 Å². The van der Waals surface area contributed by atoms with Gasteiger partial charge in [-0.3, -0.25) is 0 Å². The fourth-order valence-electron chi connectivity index (χ4n) is 3.84. The number of allylic oxidation sites excluding steroid dienone is 3. The van der Waals surface area contributed by atoms with Gasteiger partial charge in [0.25, 0.3) is 0 Å². The van der Waals surface area contributed by atoms with Crippen LogP contribution in [-0.2, 0) is 14.9 Å². The molecule has 0 saturated heterocycles. The summed E-state index contributed by atoms with van der Waals surface area (Å²) in [5.41, 5.74) is 5.56. The normalized spacial score (nSPS) is 22.7. The minimum Gasteiger partial charge on any atom is -0.463 e. The van der Waals surface area contributed by atoms with Gasteiger partial charge in [-0.2, -0.15) is 0 Å². The second-order valence-corrected chi connectivity index (χ2v) is 8.52. The van der Waals surface area contributed by atoms with Crippen LogP contribution >= 0.6 is 0 Å². The van der Waals surface area contributed by atoms with Crippen LogP contribution in [0.5, 0.6) is 0 Å². The molecule has 2 heteroatoms. The molecule has 0 N–H and O–H groups in total. The number of benzene rings is 1. The summed E-state index contributed by atoms with van der Waals surface area (Å²) < 4.78 is 4.99. The van der Waals surface area contributed by atoms with Gasteiger partial charge in [0.1, 0.15) is 0 Å². The van der Waals surface area contributed by atoms with Gasteiger partial charge >= 0.3 is 5.97 Å². The van der Waals surface area contributed by atoms with Crippen LogP contribution < -0.4 is 0 Å². The summed E-state index contributed by atoms with van der Waals surface area (Å²) in [4.78, 5) is 11.6.